The average molecular weight is 351 g/mol. The molecule has 0 heterocycles. The van der Waals surface area contributed by atoms with Gasteiger partial charge in [-0.15, -0.1) is 0 Å². The minimum absolute atomic E-state index is 0.116. The normalized spacial score (nSPS) is 10.0. The minimum Gasteiger partial charge on any atom is -0.496 e. The van der Waals surface area contributed by atoms with Gasteiger partial charge in [0.05, 0.1) is 18.1 Å². The summed E-state index contributed by atoms with van der Waals surface area (Å²) in [6.07, 6.45) is 0. The van der Waals surface area contributed by atoms with Gasteiger partial charge in [-0.1, -0.05) is 22.0 Å². The van der Waals surface area contributed by atoms with Crippen molar-refractivity contribution in [3.63, 3.8) is 0 Å². The summed E-state index contributed by atoms with van der Waals surface area (Å²) in [6, 6.07) is 11.0. The molecule has 0 saturated heterocycles. The molecule has 21 heavy (non-hydrogen) atoms. The lowest BCUT2D eigenvalue weighted by atomic mass is 10.2. The van der Waals surface area contributed by atoms with Gasteiger partial charge in [-0.3, -0.25) is 14.9 Å². The highest BCUT2D eigenvalue weighted by Gasteiger charge is 2.18. The zero-order valence-corrected chi connectivity index (χ0v) is 12.6. The van der Waals surface area contributed by atoms with Gasteiger partial charge in [0.25, 0.3) is 11.6 Å². The van der Waals surface area contributed by atoms with Crippen LogP contribution in [0.25, 0.3) is 0 Å². The smallest absolute Gasteiger partial charge is 0.296 e. The van der Waals surface area contributed by atoms with E-state index in [1.54, 1.807) is 30.3 Å². The number of carbonyl (C=O) groups excluding carboxylic acids is 1. The number of rotatable bonds is 4. The summed E-state index contributed by atoms with van der Waals surface area (Å²) in [5, 5.41) is 13.6. The Morgan fingerprint density at radius 1 is 1.29 bits per heavy atom. The molecule has 0 aliphatic carbocycles. The predicted octanol–water partition coefficient (Wildman–Crippen LogP) is 3.62. The number of carbonyl (C=O) groups is 1. The van der Waals surface area contributed by atoms with Crippen molar-refractivity contribution >= 4 is 33.2 Å². The molecule has 0 aliphatic heterocycles. The number of hydrogen-bond donors (Lipinski definition) is 1. The third-order valence-electron chi connectivity index (χ3n) is 2.74. The van der Waals surface area contributed by atoms with Crippen LogP contribution < -0.4 is 10.1 Å². The molecule has 0 aromatic heterocycles. The number of nitro benzene ring substituents is 1. The first-order valence-electron chi connectivity index (χ1n) is 5.90. The second-order valence-corrected chi connectivity index (χ2v) is 5.02. The number of halogens is 1. The molecule has 0 saturated carbocycles. The van der Waals surface area contributed by atoms with Crippen molar-refractivity contribution in [3.8, 4) is 5.75 Å². The number of nitrogens with one attached hydrogen (secondary N) is 1. The third kappa shape index (κ3) is 3.57. The lowest BCUT2D eigenvalue weighted by Gasteiger charge is -2.07. The number of nitrogens with zero attached hydrogens (tertiary/aromatic N) is 1. The summed E-state index contributed by atoms with van der Waals surface area (Å²) < 4.78 is 5.69. The number of hydrogen-bond acceptors (Lipinski definition) is 4. The predicted molar refractivity (Wildman–Crippen MR) is 81.7 cm³/mol. The molecule has 6 nitrogen and oxygen atoms in total. The number of methoxy groups -OCH3 is 1. The van der Waals surface area contributed by atoms with Gasteiger partial charge in [-0.25, -0.2) is 0 Å². The standard InChI is InChI=1S/C14H11BrN2O4/c1-21-11-5-6-12(13(8-11)17(19)20)16-14(18)9-3-2-4-10(15)7-9/h2-8H,1H3,(H,16,18). The third-order valence-corrected chi connectivity index (χ3v) is 3.23. The Balaban J connectivity index is 2.31. The van der Waals surface area contributed by atoms with Crippen LogP contribution in [0, 0.1) is 10.1 Å². The molecule has 7 heteroatoms. The molecule has 0 atom stereocenters. The number of anilines is 1. The van der Waals surface area contributed by atoms with Crippen molar-refractivity contribution < 1.29 is 14.5 Å². The van der Waals surface area contributed by atoms with Crippen LogP contribution in [0.2, 0.25) is 0 Å². The van der Waals surface area contributed by atoms with E-state index in [-0.39, 0.29) is 11.4 Å². The lowest BCUT2D eigenvalue weighted by Crippen LogP contribution is -2.13. The largest absolute Gasteiger partial charge is 0.496 e. The molecule has 0 spiro atoms. The molecule has 2 aromatic rings. The molecule has 2 rings (SSSR count). The molecule has 0 fully saturated rings. The van der Waals surface area contributed by atoms with Crippen LogP contribution in [0.4, 0.5) is 11.4 Å². The van der Waals surface area contributed by atoms with Crippen LogP contribution >= 0.6 is 15.9 Å². The monoisotopic (exact) mass is 350 g/mol. The minimum atomic E-state index is -0.570. The van der Waals surface area contributed by atoms with Crippen molar-refractivity contribution in [2.75, 3.05) is 12.4 Å². The van der Waals surface area contributed by atoms with Gasteiger partial charge in [0.1, 0.15) is 11.4 Å². The summed E-state index contributed by atoms with van der Waals surface area (Å²) >= 11 is 3.27. The van der Waals surface area contributed by atoms with Crippen LogP contribution in [0.5, 0.6) is 5.75 Å². The van der Waals surface area contributed by atoms with Gasteiger partial charge in [-0.05, 0) is 30.3 Å². The van der Waals surface area contributed by atoms with Gasteiger partial charge in [0, 0.05) is 10.0 Å². The van der Waals surface area contributed by atoms with E-state index in [0.29, 0.717) is 11.3 Å². The maximum Gasteiger partial charge on any atom is 0.296 e. The van der Waals surface area contributed by atoms with E-state index in [0.717, 1.165) is 4.47 Å². The summed E-state index contributed by atoms with van der Waals surface area (Å²) in [5.74, 6) is -0.0771. The van der Waals surface area contributed by atoms with Crippen molar-refractivity contribution in [1.29, 1.82) is 0 Å². The summed E-state index contributed by atoms with van der Waals surface area (Å²) in [5.41, 5.74) is 0.290. The number of benzene rings is 2. The highest BCUT2D eigenvalue weighted by molar-refractivity contribution is 9.10. The lowest BCUT2D eigenvalue weighted by molar-refractivity contribution is -0.384. The number of ether oxygens (including phenoxy) is 1. The highest BCUT2D eigenvalue weighted by Crippen LogP contribution is 2.29. The van der Waals surface area contributed by atoms with Crippen molar-refractivity contribution in [2.24, 2.45) is 0 Å². The molecule has 0 bridgehead atoms. The Labute approximate surface area is 129 Å². The zero-order valence-electron chi connectivity index (χ0n) is 11.0. The van der Waals surface area contributed by atoms with E-state index >= 15 is 0 Å². The number of amides is 1. The molecule has 1 N–H and O–H groups in total. The van der Waals surface area contributed by atoms with E-state index < -0.39 is 10.8 Å². The SMILES string of the molecule is COc1ccc(NC(=O)c2cccc(Br)c2)c([N+](=O)[O-])c1. The summed E-state index contributed by atoms with van der Waals surface area (Å²) in [7, 11) is 1.42. The average Bonchev–Trinajstić information content (AvgIpc) is 2.47. The van der Waals surface area contributed by atoms with Crippen LogP contribution in [-0.4, -0.2) is 17.9 Å². The Kier molecular flexibility index (Phi) is 4.54. The fourth-order valence-electron chi connectivity index (χ4n) is 1.72. The molecule has 0 aliphatic rings. The van der Waals surface area contributed by atoms with Gasteiger partial charge < -0.3 is 10.1 Å². The molecule has 0 unspecified atom stereocenters. The maximum atomic E-state index is 12.1. The molecule has 1 amide bonds. The van der Waals surface area contributed by atoms with E-state index in [1.165, 1.54) is 19.2 Å². The first-order valence-corrected chi connectivity index (χ1v) is 6.70. The maximum absolute atomic E-state index is 12.1. The van der Waals surface area contributed by atoms with Crippen LogP contribution in [-0.2, 0) is 0 Å². The molecule has 0 radical (unpaired) electrons. The van der Waals surface area contributed by atoms with E-state index in [4.69, 9.17) is 4.74 Å². The van der Waals surface area contributed by atoms with Crippen LogP contribution in [0.1, 0.15) is 10.4 Å². The summed E-state index contributed by atoms with van der Waals surface area (Å²) in [6.45, 7) is 0. The Bertz CT molecular complexity index is 703. The van der Waals surface area contributed by atoms with Crippen LogP contribution in [0.3, 0.4) is 0 Å². The first-order chi connectivity index (χ1) is 10.0. The second kappa shape index (κ2) is 6.36. The zero-order chi connectivity index (χ0) is 15.4. The van der Waals surface area contributed by atoms with E-state index in [1.807, 2.05) is 0 Å². The number of nitro groups is 1. The second-order valence-electron chi connectivity index (χ2n) is 4.10. The van der Waals surface area contributed by atoms with E-state index in [2.05, 4.69) is 21.2 Å². The van der Waals surface area contributed by atoms with Crippen molar-refractivity contribution in [2.45, 2.75) is 0 Å². The Morgan fingerprint density at radius 2 is 2.05 bits per heavy atom. The van der Waals surface area contributed by atoms with Gasteiger partial charge in [0.15, 0.2) is 0 Å². The highest BCUT2D eigenvalue weighted by atomic mass is 79.9. The quantitative estimate of drug-likeness (QED) is 0.674. The van der Waals surface area contributed by atoms with Crippen molar-refractivity contribution in [1.82, 2.24) is 0 Å². The summed E-state index contributed by atoms with van der Waals surface area (Å²) in [4.78, 5) is 22.6. The van der Waals surface area contributed by atoms with Crippen molar-refractivity contribution in [3.05, 3.63) is 62.6 Å². The van der Waals surface area contributed by atoms with Crippen LogP contribution in [0.15, 0.2) is 46.9 Å². The van der Waals surface area contributed by atoms with E-state index in [9.17, 15) is 14.9 Å². The topological polar surface area (TPSA) is 81.5 Å². The fraction of sp³-hybridized carbons (Fsp3) is 0.0714. The van der Waals surface area contributed by atoms with Gasteiger partial charge in [-0.2, -0.15) is 0 Å². The molecular weight excluding hydrogens is 340 g/mol. The Morgan fingerprint density at radius 3 is 2.67 bits per heavy atom. The fourth-order valence-corrected chi connectivity index (χ4v) is 2.12. The Hall–Kier alpha value is -2.41. The van der Waals surface area contributed by atoms with Gasteiger partial charge >= 0.3 is 0 Å². The first kappa shape index (κ1) is 15.0. The molecule has 108 valence electrons. The molecular formula is C14H11BrN2O4. The van der Waals surface area contributed by atoms with Gasteiger partial charge in [0.2, 0.25) is 0 Å². The molecule has 2 aromatic carbocycles.